The molecule has 2 aromatic carbocycles. The highest BCUT2D eigenvalue weighted by molar-refractivity contribution is 5.87. The number of nitrogens with one attached hydrogen (secondary N) is 1. The van der Waals surface area contributed by atoms with Crippen LogP contribution in [0.5, 0.6) is 5.75 Å². The van der Waals surface area contributed by atoms with Gasteiger partial charge in [0.1, 0.15) is 11.8 Å². The van der Waals surface area contributed by atoms with Crippen LogP contribution in [0, 0.1) is 5.92 Å². The number of nitrogens with zero attached hydrogens (tertiary/aromatic N) is 1. The molecule has 1 N–H and O–H groups in total. The third-order valence-electron chi connectivity index (χ3n) is 5.17. The van der Waals surface area contributed by atoms with E-state index in [0.29, 0.717) is 31.8 Å². The Bertz CT molecular complexity index is 788. The molecule has 0 aliphatic carbocycles. The van der Waals surface area contributed by atoms with Crippen molar-refractivity contribution in [3.05, 3.63) is 65.7 Å². The molecule has 5 nitrogen and oxygen atoms in total. The molecular weight excluding hydrogens is 376 g/mol. The van der Waals surface area contributed by atoms with Gasteiger partial charge in [-0.15, -0.1) is 0 Å². The summed E-state index contributed by atoms with van der Waals surface area (Å²) in [5, 5.41) is 2.97. The normalized spacial score (nSPS) is 11.8. The molecule has 2 rings (SSSR count). The summed E-state index contributed by atoms with van der Waals surface area (Å²) in [6.45, 7) is 7.05. The van der Waals surface area contributed by atoms with Crippen molar-refractivity contribution in [3.8, 4) is 5.75 Å². The Labute approximate surface area is 180 Å². The molecule has 0 aromatic heterocycles. The van der Waals surface area contributed by atoms with Crippen LogP contribution in [0.1, 0.15) is 44.7 Å². The zero-order valence-electron chi connectivity index (χ0n) is 18.6. The van der Waals surface area contributed by atoms with Gasteiger partial charge in [-0.3, -0.25) is 9.59 Å². The highest BCUT2D eigenvalue weighted by atomic mass is 16.5. The lowest BCUT2D eigenvalue weighted by Gasteiger charge is -2.29. The second kappa shape index (κ2) is 12.0. The van der Waals surface area contributed by atoms with E-state index in [4.69, 9.17) is 4.74 Å². The van der Waals surface area contributed by atoms with Crippen molar-refractivity contribution in [1.29, 1.82) is 0 Å². The molecule has 2 aromatic rings. The van der Waals surface area contributed by atoms with Crippen LogP contribution in [0.25, 0.3) is 0 Å². The van der Waals surface area contributed by atoms with E-state index < -0.39 is 6.04 Å². The average molecular weight is 411 g/mol. The van der Waals surface area contributed by atoms with Crippen molar-refractivity contribution < 1.29 is 14.3 Å². The fourth-order valence-electron chi connectivity index (χ4n) is 3.18. The summed E-state index contributed by atoms with van der Waals surface area (Å²) in [4.78, 5) is 27.5. The van der Waals surface area contributed by atoms with Crippen LogP contribution in [0.15, 0.2) is 54.6 Å². The molecule has 0 radical (unpaired) electrons. The van der Waals surface area contributed by atoms with E-state index in [0.717, 1.165) is 23.3 Å². The zero-order chi connectivity index (χ0) is 21.9. The van der Waals surface area contributed by atoms with Gasteiger partial charge in [-0.25, -0.2) is 0 Å². The fraction of sp³-hybridized carbons (Fsp3) is 0.440. The molecule has 0 fully saturated rings. The summed E-state index contributed by atoms with van der Waals surface area (Å²) >= 11 is 0. The number of methoxy groups -OCH3 is 1. The number of hydrogen-bond donors (Lipinski definition) is 1. The third-order valence-corrected chi connectivity index (χ3v) is 5.17. The summed E-state index contributed by atoms with van der Waals surface area (Å²) in [6, 6.07) is 17.0. The predicted octanol–water partition coefficient (Wildman–Crippen LogP) is 4.21. The molecular formula is C25H34N2O3. The molecule has 0 spiro atoms. The maximum Gasteiger partial charge on any atom is 0.242 e. The van der Waals surface area contributed by atoms with Gasteiger partial charge in [0.2, 0.25) is 11.8 Å². The van der Waals surface area contributed by atoms with Crippen LogP contribution < -0.4 is 10.1 Å². The van der Waals surface area contributed by atoms with Gasteiger partial charge in [-0.2, -0.15) is 0 Å². The Kier molecular flexibility index (Phi) is 9.39. The van der Waals surface area contributed by atoms with Crippen LogP contribution in [0.4, 0.5) is 0 Å². The number of carbonyl (C=O) groups excluding carboxylic acids is 2. The predicted molar refractivity (Wildman–Crippen MR) is 120 cm³/mol. The first-order valence-electron chi connectivity index (χ1n) is 10.6. The van der Waals surface area contributed by atoms with Gasteiger partial charge in [0, 0.05) is 19.5 Å². The van der Waals surface area contributed by atoms with Crippen LogP contribution >= 0.6 is 0 Å². The van der Waals surface area contributed by atoms with Crippen molar-refractivity contribution in [2.24, 2.45) is 5.92 Å². The highest BCUT2D eigenvalue weighted by Crippen LogP contribution is 2.16. The molecule has 5 heteroatoms. The van der Waals surface area contributed by atoms with Gasteiger partial charge < -0.3 is 15.0 Å². The topological polar surface area (TPSA) is 58.6 Å². The molecule has 1 atom stereocenters. The van der Waals surface area contributed by atoms with Gasteiger partial charge in [-0.05, 0) is 48.9 Å². The zero-order valence-corrected chi connectivity index (χ0v) is 18.6. The Hall–Kier alpha value is -2.82. The maximum absolute atomic E-state index is 13.1. The highest BCUT2D eigenvalue weighted by Gasteiger charge is 2.25. The number of ether oxygens (including phenoxy) is 1. The second-order valence-corrected chi connectivity index (χ2v) is 8.00. The molecule has 2 amide bonds. The summed E-state index contributed by atoms with van der Waals surface area (Å²) in [7, 11) is 1.62. The van der Waals surface area contributed by atoms with Crippen molar-refractivity contribution in [3.63, 3.8) is 0 Å². The molecule has 0 aliphatic rings. The van der Waals surface area contributed by atoms with Crippen molar-refractivity contribution in [2.75, 3.05) is 13.7 Å². The van der Waals surface area contributed by atoms with E-state index in [-0.39, 0.29) is 11.8 Å². The summed E-state index contributed by atoms with van der Waals surface area (Å²) < 4.78 is 5.21. The van der Waals surface area contributed by atoms with E-state index in [2.05, 4.69) is 19.2 Å². The van der Waals surface area contributed by atoms with E-state index in [1.165, 1.54) is 0 Å². The molecule has 0 heterocycles. The molecule has 0 saturated carbocycles. The molecule has 0 aliphatic heterocycles. The first-order chi connectivity index (χ1) is 14.4. The second-order valence-electron chi connectivity index (χ2n) is 8.00. The van der Waals surface area contributed by atoms with E-state index in [1.807, 2.05) is 54.6 Å². The minimum Gasteiger partial charge on any atom is -0.497 e. The molecule has 0 unspecified atom stereocenters. The number of aryl methyl sites for hydroxylation is 1. The number of amides is 2. The summed E-state index contributed by atoms with van der Waals surface area (Å²) in [5.74, 6) is 1.14. The summed E-state index contributed by atoms with van der Waals surface area (Å²) in [6.07, 6.45) is 1.93. The smallest absolute Gasteiger partial charge is 0.242 e. The van der Waals surface area contributed by atoms with Crippen molar-refractivity contribution in [1.82, 2.24) is 10.2 Å². The quantitative estimate of drug-likeness (QED) is 0.604. The first kappa shape index (κ1) is 23.5. The largest absolute Gasteiger partial charge is 0.497 e. The van der Waals surface area contributed by atoms with Crippen LogP contribution in [-0.2, 0) is 22.6 Å². The van der Waals surface area contributed by atoms with Crippen LogP contribution in [-0.4, -0.2) is 36.4 Å². The minimum absolute atomic E-state index is 0.0267. The monoisotopic (exact) mass is 410 g/mol. The van der Waals surface area contributed by atoms with E-state index >= 15 is 0 Å². The number of carbonyl (C=O) groups is 2. The Morgan fingerprint density at radius 3 is 2.23 bits per heavy atom. The third kappa shape index (κ3) is 7.54. The Balaban J connectivity index is 2.08. The Morgan fingerprint density at radius 1 is 0.967 bits per heavy atom. The van der Waals surface area contributed by atoms with Gasteiger partial charge in [0.05, 0.1) is 7.11 Å². The lowest BCUT2D eigenvalue weighted by molar-refractivity contribution is -0.140. The van der Waals surface area contributed by atoms with Crippen LogP contribution in [0.2, 0.25) is 0 Å². The average Bonchev–Trinajstić information content (AvgIpc) is 2.76. The standard InChI is InChI=1S/C25H34N2O3/c1-19(2)16-17-26-25(29)20(3)27(18-22-10-13-23(30-4)14-11-22)24(28)15-12-21-8-6-5-7-9-21/h5-11,13-14,19-20H,12,15-18H2,1-4H3,(H,26,29)/t20-/m0/s1. The maximum atomic E-state index is 13.1. The van der Waals surface area contributed by atoms with Crippen LogP contribution in [0.3, 0.4) is 0 Å². The van der Waals surface area contributed by atoms with Gasteiger partial charge in [0.25, 0.3) is 0 Å². The number of benzene rings is 2. The SMILES string of the molecule is COc1ccc(CN(C(=O)CCc2ccccc2)[C@@H](C)C(=O)NCCC(C)C)cc1. The molecule has 162 valence electrons. The van der Waals surface area contributed by atoms with Crippen molar-refractivity contribution in [2.45, 2.75) is 52.6 Å². The van der Waals surface area contributed by atoms with Crippen molar-refractivity contribution >= 4 is 11.8 Å². The fourth-order valence-corrected chi connectivity index (χ4v) is 3.18. The first-order valence-corrected chi connectivity index (χ1v) is 10.6. The Morgan fingerprint density at radius 2 is 1.63 bits per heavy atom. The lowest BCUT2D eigenvalue weighted by Crippen LogP contribution is -2.48. The summed E-state index contributed by atoms with van der Waals surface area (Å²) in [5.41, 5.74) is 2.08. The number of rotatable bonds is 11. The van der Waals surface area contributed by atoms with E-state index in [9.17, 15) is 9.59 Å². The minimum atomic E-state index is -0.539. The molecule has 0 saturated heterocycles. The lowest BCUT2D eigenvalue weighted by atomic mass is 10.1. The van der Waals surface area contributed by atoms with Gasteiger partial charge >= 0.3 is 0 Å². The van der Waals surface area contributed by atoms with Gasteiger partial charge in [-0.1, -0.05) is 56.3 Å². The van der Waals surface area contributed by atoms with Gasteiger partial charge in [0.15, 0.2) is 0 Å². The molecule has 0 bridgehead atoms. The number of hydrogen-bond acceptors (Lipinski definition) is 3. The van der Waals surface area contributed by atoms with E-state index in [1.54, 1.807) is 18.9 Å². The molecule has 30 heavy (non-hydrogen) atoms.